The molecule has 1 aromatic carbocycles. The van der Waals surface area contributed by atoms with Crippen molar-refractivity contribution in [2.24, 2.45) is 0 Å². The van der Waals surface area contributed by atoms with Gasteiger partial charge in [0.05, 0.1) is 17.5 Å². The Morgan fingerprint density at radius 3 is 2.71 bits per heavy atom. The van der Waals surface area contributed by atoms with Crippen LogP contribution in [0.1, 0.15) is 29.7 Å². The van der Waals surface area contributed by atoms with Crippen molar-refractivity contribution in [3.05, 3.63) is 60.2 Å². The Kier molecular flexibility index (Phi) is 3.77. The van der Waals surface area contributed by atoms with Gasteiger partial charge in [-0.3, -0.25) is 9.78 Å². The van der Waals surface area contributed by atoms with E-state index in [-0.39, 0.29) is 12.2 Å². The highest BCUT2D eigenvalue weighted by molar-refractivity contribution is 5.95. The number of aryl methyl sites for hydroxylation is 1. The lowest BCUT2D eigenvalue weighted by molar-refractivity contribution is 0.0985. The zero-order valence-electron chi connectivity index (χ0n) is 12.0. The highest BCUT2D eigenvalue weighted by atomic mass is 16.1. The van der Waals surface area contributed by atoms with Crippen LogP contribution in [-0.2, 0) is 13.0 Å². The third kappa shape index (κ3) is 2.70. The number of nitrogens with zero attached hydrogens (tertiary/aromatic N) is 3. The number of fused-ring (bicyclic) bond motifs is 1. The third-order valence-electron chi connectivity index (χ3n) is 3.45. The summed E-state index contributed by atoms with van der Waals surface area (Å²) in [7, 11) is 0. The number of benzene rings is 1. The van der Waals surface area contributed by atoms with Gasteiger partial charge >= 0.3 is 0 Å². The molecule has 2 heterocycles. The molecule has 0 aliphatic rings. The van der Waals surface area contributed by atoms with Crippen molar-refractivity contribution < 1.29 is 4.79 Å². The molecule has 0 fully saturated rings. The Bertz CT molecular complexity index is 762. The van der Waals surface area contributed by atoms with E-state index in [1.54, 1.807) is 12.3 Å². The van der Waals surface area contributed by atoms with Gasteiger partial charge in [-0.15, -0.1) is 0 Å². The van der Waals surface area contributed by atoms with E-state index in [4.69, 9.17) is 0 Å². The van der Waals surface area contributed by atoms with Gasteiger partial charge in [-0.2, -0.15) is 0 Å². The number of ketones is 1. The predicted molar refractivity (Wildman–Crippen MR) is 82.3 cm³/mol. The zero-order chi connectivity index (χ0) is 14.7. The lowest BCUT2D eigenvalue weighted by atomic mass is 10.2. The average Bonchev–Trinajstić information content (AvgIpc) is 2.86. The SMILES string of the molecule is CCCn1c(CC(=O)c2ccccn2)nc2ccccc21. The number of carbonyl (C=O) groups is 1. The molecule has 0 bridgehead atoms. The Morgan fingerprint density at radius 1 is 1.14 bits per heavy atom. The van der Waals surface area contributed by atoms with E-state index in [1.165, 1.54) is 0 Å². The van der Waals surface area contributed by atoms with Crippen LogP contribution in [0.25, 0.3) is 11.0 Å². The molecule has 3 rings (SSSR count). The van der Waals surface area contributed by atoms with Crippen molar-refractivity contribution in [3.63, 3.8) is 0 Å². The Labute approximate surface area is 123 Å². The van der Waals surface area contributed by atoms with E-state index in [1.807, 2.05) is 36.4 Å². The Balaban J connectivity index is 1.96. The summed E-state index contributed by atoms with van der Waals surface area (Å²) in [6.07, 6.45) is 2.93. The summed E-state index contributed by atoms with van der Waals surface area (Å²) in [5.74, 6) is 0.817. The van der Waals surface area contributed by atoms with E-state index in [2.05, 4.69) is 21.5 Å². The summed E-state index contributed by atoms with van der Waals surface area (Å²) >= 11 is 0. The van der Waals surface area contributed by atoms with Gasteiger partial charge in [0, 0.05) is 12.7 Å². The Morgan fingerprint density at radius 2 is 1.95 bits per heavy atom. The van der Waals surface area contributed by atoms with Crippen LogP contribution in [0.2, 0.25) is 0 Å². The third-order valence-corrected chi connectivity index (χ3v) is 3.45. The van der Waals surface area contributed by atoms with Crippen LogP contribution < -0.4 is 0 Å². The number of hydrogen-bond donors (Lipinski definition) is 0. The summed E-state index contributed by atoms with van der Waals surface area (Å²) in [6, 6.07) is 13.4. The van der Waals surface area contributed by atoms with E-state index in [0.29, 0.717) is 5.69 Å². The molecule has 2 aromatic heterocycles. The fourth-order valence-electron chi connectivity index (χ4n) is 2.50. The minimum atomic E-state index is 0.00302. The molecule has 0 aliphatic heterocycles. The average molecular weight is 279 g/mol. The molecule has 4 nitrogen and oxygen atoms in total. The van der Waals surface area contributed by atoms with Gasteiger partial charge in [-0.1, -0.05) is 25.1 Å². The first kappa shape index (κ1) is 13.5. The number of para-hydroxylation sites is 2. The van der Waals surface area contributed by atoms with Gasteiger partial charge in [-0.25, -0.2) is 4.98 Å². The zero-order valence-corrected chi connectivity index (χ0v) is 12.0. The molecule has 3 aromatic rings. The lowest BCUT2D eigenvalue weighted by Gasteiger charge is -2.07. The first-order valence-corrected chi connectivity index (χ1v) is 7.18. The number of hydrogen-bond acceptors (Lipinski definition) is 3. The minimum Gasteiger partial charge on any atom is -0.328 e. The van der Waals surface area contributed by atoms with E-state index >= 15 is 0 Å². The van der Waals surface area contributed by atoms with Crippen LogP contribution in [0.5, 0.6) is 0 Å². The van der Waals surface area contributed by atoms with E-state index < -0.39 is 0 Å². The Hall–Kier alpha value is -2.49. The molecule has 4 heteroatoms. The summed E-state index contributed by atoms with van der Waals surface area (Å²) in [5.41, 5.74) is 2.52. The molecular formula is C17H17N3O. The monoisotopic (exact) mass is 279 g/mol. The van der Waals surface area contributed by atoms with E-state index in [0.717, 1.165) is 29.8 Å². The highest BCUT2D eigenvalue weighted by Crippen LogP contribution is 2.17. The highest BCUT2D eigenvalue weighted by Gasteiger charge is 2.15. The van der Waals surface area contributed by atoms with Gasteiger partial charge in [-0.05, 0) is 30.7 Å². The second-order valence-corrected chi connectivity index (χ2v) is 4.98. The minimum absolute atomic E-state index is 0.00302. The molecule has 0 saturated carbocycles. The van der Waals surface area contributed by atoms with Crippen LogP contribution in [-0.4, -0.2) is 20.3 Å². The fourth-order valence-corrected chi connectivity index (χ4v) is 2.50. The first-order chi connectivity index (χ1) is 10.3. The molecule has 0 amide bonds. The maximum Gasteiger partial charge on any atom is 0.188 e. The van der Waals surface area contributed by atoms with Crippen LogP contribution >= 0.6 is 0 Å². The van der Waals surface area contributed by atoms with Gasteiger partial charge in [0.25, 0.3) is 0 Å². The van der Waals surface area contributed by atoms with Gasteiger partial charge in [0.2, 0.25) is 0 Å². The van der Waals surface area contributed by atoms with Gasteiger partial charge in [0.15, 0.2) is 5.78 Å². The van der Waals surface area contributed by atoms with Crippen molar-refractivity contribution in [2.75, 3.05) is 0 Å². The van der Waals surface area contributed by atoms with Crippen molar-refractivity contribution in [1.82, 2.24) is 14.5 Å². The lowest BCUT2D eigenvalue weighted by Crippen LogP contribution is -2.11. The van der Waals surface area contributed by atoms with Crippen molar-refractivity contribution >= 4 is 16.8 Å². The normalized spacial score (nSPS) is 10.9. The van der Waals surface area contributed by atoms with Crippen molar-refractivity contribution in [1.29, 1.82) is 0 Å². The summed E-state index contributed by atoms with van der Waals surface area (Å²) < 4.78 is 2.14. The van der Waals surface area contributed by atoms with Crippen molar-refractivity contribution in [2.45, 2.75) is 26.3 Å². The number of pyridine rings is 1. The van der Waals surface area contributed by atoms with Gasteiger partial charge in [0.1, 0.15) is 11.5 Å². The molecule has 0 spiro atoms. The standard InChI is InChI=1S/C17H17N3O/c1-2-11-20-15-9-4-3-7-13(15)19-17(20)12-16(21)14-8-5-6-10-18-14/h3-10H,2,11-12H2,1H3. The van der Waals surface area contributed by atoms with Crippen molar-refractivity contribution in [3.8, 4) is 0 Å². The maximum atomic E-state index is 12.3. The molecule has 0 aliphatic carbocycles. The number of Topliss-reactive ketones (excluding diaryl/α,β-unsaturated/α-hetero) is 1. The second-order valence-electron chi connectivity index (χ2n) is 4.98. The second kappa shape index (κ2) is 5.87. The predicted octanol–water partition coefficient (Wildman–Crippen LogP) is 3.27. The topological polar surface area (TPSA) is 47.8 Å². The largest absolute Gasteiger partial charge is 0.328 e. The smallest absolute Gasteiger partial charge is 0.188 e. The van der Waals surface area contributed by atoms with Gasteiger partial charge < -0.3 is 4.57 Å². The number of imidazole rings is 1. The molecule has 106 valence electrons. The first-order valence-electron chi connectivity index (χ1n) is 7.18. The summed E-state index contributed by atoms with van der Waals surface area (Å²) in [6.45, 7) is 2.99. The molecule has 0 atom stereocenters. The molecule has 0 radical (unpaired) electrons. The molecule has 21 heavy (non-hydrogen) atoms. The number of rotatable bonds is 5. The van der Waals surface area contributed by atoms with Crippen LogP contribution in [0.15, 0.2) is 48.7 Å². The summed E-state index contributed by atoms with van der Waals surface area (Å²) in [4.78, 5) is 21.1. The number of aromatic nitrogens is 3. The fraction of sp³-hybridized carbons (Fsp3) is 0.235. The summed E-state index contributed by atoms with van der Waals surface area (Å²) in [5, 5.41) is 0. The quantitative estimate of drug-likeness (QED) is 0.673. The van der Waals surface area contributed by atoms with Crippen LogP contribution in [0.4, 0.5) is 0 Å². The maximum absolute atomic E-state index is 12.3. The molecule has 0 N–H and O–H groups in total. The number of carbonyl (C=O) groups excluding carboxylic acids is 1. The molecule has 0 saturated heterocycles. The molecular weight excluding hydrogens is 262 g/mol. The van der Waals surface area contributed by atoms with Crippen LogP contribution in [0.3, 0.4) is 0 Å². The van der Waals surface area contributed by atoms with E-state index in [9.17, 15) is 4.79 Å². The molecule has 0 unspecified atom stereocenters. The van der Waals surface area contributed by atoms with Crippen LogP contribution in [0, 0.1) is 0 Å².